The number of likely N-dealkylation sites (tertiary alicyclic amines) is 1. The molecule has 1 heterocycles. The van der Waals surface area contributed by atoms with Gasteiger partial charge in [-0.1, -0.05) is 24.3 Å². The van der Waals surface area contributed by atoms with Gasteiger partial charge in [-0.15, -0.1) is 0 Å². The zero-order valence-electron chi connectivity index (χ0n) is 14.3. The smallest absolute Gasteiger partial charge is 0.410 e. The summed E-state index contributed by atoms with van der Waals surface area (Å²) in [6.07, 6.45) is 3.82. The molecule has 1 saturated heterocycles. The zero-order valence-corrected chi connectivity index (χ0v) is 14.3. The second-order valence-electron chi connectivity index (χ2n) is 8.05. The van der Waals surface area contributed by atoms with E-state index in [1.807, 2.05) is 20.8 Å². The summed E-state index contributed by atoms with van der Waals surface area (Å²) in [6, 6.07) is 8.55. The highest BCUT2D eigenvalue weighted by molar-refractivity contribution is 5.69. The maximum atomic E-state index is 12.0. The maximum absolute atomic E-state index is 12.0. The number of amides is 1. The Bertz CT molecular complexity index is 585. The van der Waals surface area contributed by atoms with Crippen LogP contribution in [0.2, 0.25) is 0 Å². The van der Waals surface area contributed by atoms with Crippen molar-refractivity contribution in [3.05, 3.63) is 35.4 Å². The van der Waals surface area contributed by atoms with Crippen LogP contribution in [0.4, 0.5) is 4.79 Å². The summed E-state index contributed by atoms with van der Waals surface area (Å²) < 4.78 is 5.36. The largest absolute Gasteiger partial charge is 0.444 e. The van der Waals surface area contributed by atoms with Crippen molar-refractivity contribution in [3.8, 4) is 0 Å². The Kier molecular flexibility index (Phi) is 4.13. The Morgan fingerprint density at radius 3 is 2.74 bits per heavy atom. The Morgan fingerprint density at radius 2 is 2.04 bits per heavy atom. The van der Waals surface area contributed by atoms with Gasteiger partial charge in [0.15, 0.2) is 0 Å². The number of nitrogens with zero attached hydrogens (tertiary/aromatic N) is 1. The molecule has 0 spiro atoms. The van der Waals surface area contributed by atoms with E-state index >= 15 is 0 Å². The molecule has 0 saturated carbocycles. The molecule has 23 heavy (non-hydrogen) atoms. The van der Waals surface area contributed by atoms with Crippen LogP contribution in [0.3, 0.4) is 0 Å². The minimum absolute atomic E-state index is 0.328. The van der Waals surface area contributed by atoms with Crippen molar-refractivity contribution in [2.45, 2.75) is 63.6 Å². The third-order valence-electron chi connectivity index (χ3n) is 4.74. The van der Waals surface area contributed by atoms with Crippen LogP contribution >= 0.6 is 0 Å². The molecule has 1 aromatic carbocycles. The molecule has 4 nitrogen and oxygen atoms in total. The summed E-state index contributed by atoms with van der Waals surface area (Å²) in [5.41, 5.74) is 1.53. The summed E-state index contributed by atoms with van der Waals surface area (Å²) in [5, 5.41) is 10.8. The van der Waals surface area contributed by atoms with Crippen LogP contribution in [0.5, 0.6) is 0 Å². The summed E-state index contributed by atoms with van der Waals surface area (Å²) in [4.78, 5) is 13.6. The fraction of sp³-hybridized carbons (Fsp3) is 0.632. The molecule has 126 valence electrons. The first-order chi connectivity index (χ1) is 10.8. The first-order valence-electron chi connectivity index (χ1n) is 8.54. The van der Waals surface area contributed by atoms with Gasteiger partial charge in [-0.3, -0.25) is 0 Å². The van der Waals surface area contributed by atoms with Crippen molar-refractivity contribution in [2.75, 3.05) is 13.1 Å². The van der Waals surface area contributed by atoms with Crippen molar-refractivity contribution >= 4 is 6.09 Å². The van der Waals surface area contributed by atoms with Gasteiger partial charge in [-0.05, 0) is 63.5 Å². The Morgan fingerprint density at radius 1 is 1.35 bits per heavy atom. The van der Waals surface area contributed by atoms with Gasteiger partial charge in [0, 0.05) is 0 Å². The molecule has 1 aromatic rings. The van der Waals surface area contributed by atoms with Gasteiger partial charge < -0.3 is 14.7 Å². The van der Waals surface area contributed by atoms with Crippen LogP contribution in [-0.2, 0) is 11.2 Å². The number of rotatable bonds is 2. The quantitative estimate of drug-likeness (QED) is 0.908. The molecular weight excluding hydrogens is 290 g/mol. The number of hydrogen-bond donors (Lipinski definition) is 1. The summed E-state index contributed by atoms with van der Waals surface area (Å²) in [6.45, 7) is 6.32. The molecule has 0 bridgehead atoms. The highest BCUT2D eigenvalue weighted by Gasteiger charge is 2.46. The molecule has 1 atom stereocenters. The number of aliphatic hydroxyl groups is 1. The van der Waals surface area contributed by atoms with Gasteiger partial charge in [0.05, 0.1) is 13.1 Å². The molecule has 1 unspecified atom stereocenters. The lowest BCUT2D eigenvalue weighted by Gasteiger charge is -2.48. The number of β-amino-alcohol motifs (C(OH)–C–C–N with tert-alkyl or cyclic N) is 1. The topological polar surface area (TPSA) is 49.8 Å². The molecule has 3 rings (SSSR count). The van der Waals surface area contributed by atoms with Crippen LogP contribution in [0.1, 0.15) is 57.1 Å². The molecule has 2 aliphatic rings. The van der Waals surface area contributed by atoms with Crippen molar-refractivity contribution in [1.82, 2.24) is 4.90 Å². The number of benzene rings is 1. The lowest BCUT2D eigenvalue weighted by molar-refractivity contribution is -0.106. The fourth-order valence-electron chi connectivity index (χ4n) is 3.77. The SMILES string of the molecule is CC(C)(C)OC(=O)N1CC(O)(CC2CCCc3ccccc32)C1. The minimum atomic E-state index is -0.772. The summed E-state index contributed by atoms with van der Waals surface area (Å²) in [5.74, 6) is 0.394. The highest BCUT2D eigenvalue weighted by Crippen LogP contribution is 2.40. The third-order valence-corrected chi connectivity index (χ3v) is 4.74. The monoisotopic (exact) mass is 317 g/mol. The number of fused-ring (bicyclic) bond motifs is 1. The van der Waals surface area contributed by atoms with Crippen LogP contribution in [0.25, 0.3) is 0 Å². The van der Waals surface area contributed by atoms with Crippen LogP contribution in [-0.4, -0.2) is 40.4 Å². The van der Waals surface area contributed by atoms with E-state index in [-0.39, 0.29) is 6.09 Å². The van der Waals surface area contributed by atoms with Crippen molar-refractivity contribution in [2.24, 2.45) is 0 Å². The minimum Gasteiger partial charge on any atom is -0.444 e. The standard InChI is InChI=1S/C19H27NO3/c1-18(2,3)23-17(21)20-12-19(22,13-20)11-15-9-6-8-14-7-4-5-10-16(14)15/h4-5,7,10,15,22H,6,8-9,11-13H2,1-3H3. The Hall–Kier alpha value is -1.55. The Labute approximate surface area is 138 Å². The normalized spacial score (nSPS) is 23.0. The van der Waals surface area contributed by atoms with Crippen molar-refractivity contribution in [1.29, 1.82) is 0 Å². The third kappa shape index (κ3) is 3.69. The molecule has 1 aliphatic carbocycles. The first-order valence-corrected chi connectivity index (χ1v) is 8.54. The molecule has 0 radical (unpaired) electrons. The lowest BCUT2D eigenvalue weighted by Crippen LogP contribution is -2.64. The van der Waals surface area contributed by atoms with Gasteiger partial charge in [-0.2, -0.15) is 0 Å². The van der Waals surface area contributed by atoms with Gasteiger partial charge >= 0.3 is 6.09 Å². The molecule has 0 aromatic heterocycles. The van der Waals surface area contributed by atoms with Gasteiger partial charge in [0.25, 0.3) is 0 Å². The molecule has 1 fully saturated rings. The van der Waals surface area contributed by atoms with E-state index in [9.17, 15) is 9.90 Å². The fourth-order valence-corrected chi connectivity index (χ4v) is 3.77. The van der Waals surface area contributed by atoms with E-state index in [1.54, 1.807) is 4.90 Å². The van der Waals surface area contributed by atoms with E-state index in [0.717, 1.165) is 19.3 Å². The van der Waals surface area contributed by atoms with E-state index in [4.69, 9.17) is 4.74 Å². The van der Waals surface area contributed by atoms with Gasteiger partial charge in [0.2, 0.25) is 0 Å². The van der Waals surface area contributed by atoms with Crippen molar-refractivity contribution in [3.63, 3.8) is 0 Å². The molecular formula is C19H27NO3. The number of aryl methyl sites for hydroxylation is 1. The van der Waals surface area contributed by atoms with E-state index in [1.165, 1.54) is 17.5 Å². The predicted octanol–water partition coefficient (Wildman–Crippen LogP) is 3.48. The van der Waals surface area contributed by atoms with Crippen molar-refractivity contribution < 1.29 is 14.6 Å². The number of hydrogen-bond acceptors (Lipinski definition) is 3. The average Bonchev–Trinajstić information content (AvgIpc) is 2.43. The predicted molar refractivity (Wildman–Crippen MR) is 89.5 cm³/mol. The molecule has 1 aliphatic heterocycles. The van der Waals surface area contributed by atoms with Crippen LogP contribution < -0.4 is 0 Å². The maximum Gasteiger partial charge on any atom is 0.410 e. The number of ether oxygens (including phenoxy) is 1. The summed E-state index contributed by atoms with van der Waals surface area (Å²) >= 11 is 0. The second kappa shape index (κ2) is 5.82. The zero-order chi connectivity index (χ0) is 16.7. The molecule has 1 amide bonds. The molecule has 1 N–H and O–H groups in total. The van der Waals surface area contributed by atoms with Crippen LogP contribution in [0.15, 0.2) is 24.3 Å². The van der Waals surface area contributed by atoms with E-state index < -0.39 is 11.2 Å². The first kappa shape index (κ1) is 16.3. The Balaban J connectivity index is 1.59. The number of carbonyl (C=O) groups is 1. The highest BCUT2D eigenvalue weighted by atomic mass is 16.6. The van der Waals surface area contributed by atoms with Gasteiger partial charge in [0.1, 0.15) is 11.2 Å². The van der Waals surface area contributed by atoms with E-state index in [0.29, 0.717) is 19.0 Å². The van der Waals surface area contributed by atoms with Gasteiger partial charge in [-0.25, -0.2) is 4.79 Å². The second-order valence-corrected chi connectivity index (χ2v) is 8.05. The van der Waals surface area contributed by atoms with E-state index in [2.05, 4.69) is 24.3 Å². The summed E-state index contributed by atoms with van der Waals surface area (Å²) in [7, 11) is 0. The average molecular weight is 317 g/mol. The van der Waals surface area contributed by atoms with Crippen LogP contribution in [0, 0.1) is 0 Å². The number of carbonyl (C=O) groups excluding carboxylic acids is 1. The lowest BCUT2D eigenvalue weighted by atomic mass is 9.75. The molecule has 4 heteroatoms.